The molecule has 0 aromatic carbocycles. The maximum Gasteiger partial charge on any atom is 1.00 e. The van der Waals surface area contributed by atoms with Crippen LogP contribution in [0.2, 0.25) is 0 Å². The van der Waals surface area contributed by atoms with Crippen molar-refractivity contribution in [3.05, 3.63) is 0 Å². The van der Waals surface area contributed by atoms with Gasteiger partial charge in [0, 0.05) is 0 Å². The van der Waals surface area contributed by atoms with Gasteiger partial charge in [0.05, 0.1) is 7.82 Å². The Balaban J connectivity index is -0.0000000800. The number of quaternary nitrogens is 1. The van der Waals surface area contributed by atoms with Gasteiger partial charge in [0.2, 0.25) is 0 Å². The van der Waals surface area contributed by atoms with Crippen LogP contribution in [0.1, 0.15) is 0 Å². The SMILES string of the molecule is O=P([O-])([O-])O.[NH4+].[Ti+]. The maximum atomic E-state index is 8.66. The van der Waals surface area contributed by atoms with Gasteiger partial charge in [0.15, 0.2) is 0 Å². The first-order valence-electron chi connectivity index (χ1n) is 0.748. The molecule has 0 saturated carbocycles. The van der Waals surface area contributed by atoms with E-state index in [1.165, 1.54) is 0 Å². The summed E-state index contributed by atoms with van der Waals surface area (Å²) in [5.41, 5.74) is 0. The summed E-state index contributed by atoms with van der Waals surface area (Å²) >= 11 is 0. The molecule has 7 heteroatoms. The maximum absolute atomic E-state index is 8.66. The Morgan fingerprint density at radius 3 is 1.43 bits per heavy atom. The molecule has 5 N–H and O–H groups in total. The molecule has 0 amide bonds. The fourth-order valence-electron chi connectivity index (χ4n) is 0. The van der Waals surface area contributed by atoms with E-state index in [2.05, 4.69) is 0 Å². The molecule has 0 fully saturated rings. The largest absolute Gasteiger partial charge is 1.00 e. The summed E-state index contributed by atoms with van der Waals surface area (Å²) in [7, 11) is -5.14. The van der Waals surface area contributed by atoms with Crippen molar-refractivity contribution in [3.8, 4) is 0 Å². The van der Waals surface area contributed by atoms with Crippen LogP contribution in [0, 0.1) is 0 Å². The van der Waals surface area contributed by atoms with Crippen molar-refractivity contribution in [3.63, 3.8) is 0 Å². The van der Waals surface area contributed by atoms with Crippen LogP contribution in [0.4, 0.5) is 0 Å². The van der Waals surface area contributed by atoms with Crippen molar-refractivity contribution in [1.82, 2.24) is 6.15 Å². The average molecular weight is 162 g/mol. The third kappa shape index (κ3) is 252. The van der Waals surface area contributed by atoms with Gasteiger partial charge >= 0.3 is 21.7 Å². The third-order valence-electron chi connectivity index (χ3n) is 0. The molecule has 0 aliphatic heterocycles. The Kier molecular flexibility index (Phi) is 11.0. The summed E-state index contributed by atoms with van der Waals surface area (Å²) in [6, 6.07) is 0. The van der Waals surface area contributed by atoms with Crippen LogP contribution in [0.15, 0.2) is 0 Å². The van der Waals surface area contributed by atoms with Crippen molar-refractivity contribution in [2.75, 3.05) is 0 Å². The first-order valence-corrected chi connectivity index (χ1v) is 2.24. The van der Waals surface area contributed by atoms with Crippen molar-refractivity contribution in [1.29, 1.82) is 0 Å². The van der Waals surface area contributed by atoms with Crippen LogP contribution in [0.3, 0.4) is 0 Å². The van der Waals surface area contributed by atoms with E-state index in [-0.39, 0.29) is 27.9 Å². The first-order chi connectivity index (χ1) is 2.00. The smallest absolute Gasteiger partial charge is 0.790 e. The van der Waals surface area contributed by atoms with E-state index in [1.807, 2.05) is 0 Å². The van der Waals surface area contributed by atoms with Gasteiger partial charge in [-0.15, -0.1) is 0 Å². The quantitative estimate of drug-likeness (QED) is 0.321. The summed E-state index contributed by atoms with van der Waals surface area (Å²) in [5, 5.41) is 0. The number of phosphoric acid groups is 1. The molecule has 0 aromatic rings. The van der Waals surface area contributed by atoms with Gasteiger partial charge in [-0.05, 0) is 0 Å². The Hall–Kier alpha value is 0.784. The van der Waals surface area contributed by atoms with E-state index in [0.717, 1.165) is 0 Å². The molecule has 0 bridgehead atoms. The zero-order valence-corrected chi connectivity index (χ0v) is 6.08. The molecular formula is H5NO4PTi. The standard InChI is InChI=1S/H3N.H3O4P.Ti/c;1-5(2,3)4;/h1H3;(H3,1,2,3,4);/q;;+1/p-1. The van der Waals surface area contributed by atoms with Gasteiger partial charge in [0.1, 0.15) is 0 Å². The van der Waals surface area contributed by atoms with Crippen LogP contribution in [-0.2, 0) is 26.3 Å². The molecule has 0 rings (SSSR count). The second kappa shape index (κ2) is 4.93. The van der Waals surface area contributed by atoms with Crippen LogP contribution in [0.5, 0.6) is 0 Å². The molecule has 1 radical (unpaired) electrons. The fourth-order valence-corrected chi connectivity index (χ4v) is 0. The van der Waals surface area contributed by atoms with Gasteiger partial charge in [-0.1, -0.05) is 0 Å². The van der Waals surface area contributed by atoms with Gasteiger partial charge in [-0.25, -0.2) is 0 Å². The van der Waals surface area contributed by atoms with Crippen LogP contribution in [0.25, 0.3) is 0 Å². The molecule has 0 atom stereocenters. The Morgan fingerprint density at radius 2 is 1.43 bits per heavy atom. The number of hydrogen-bond acceptors (Lipinski definition) is 3. The van der Waals surface area contributed by atoms with Gasteiger partial charge in [-0.2, -0.15) is 0 Å². The van der Waals surface area contributed by atoms with Crippen molar-refractivity contribution in [2.45, 2.75) is 0 Å². The van der Waals surface area contributed by atoms with Crippen molar-refractivity contribution < 1.29 is 41.0 Å². The molecule has 0 aliphatic carbocycles. The Morgan fingerprint density at radius 1 is 1.43 bits per heavy atom. The van der Waals surface area contributed by atoms with E-state index in [4.69, 9.17) is 19.2 Å². The number of rotatable bonds is 0. The molecule has 0 heterocycles. The van der Waals surface area contributed by atoms with E-state index < -0.39 is 7.82 Å². The van der Waals surface area contributed by atoms with Gasteiger partial charge in [-0.3, -0.25) is 0 Å². The van der Waals surface area contributed by atoms with Crippen LogP contribution < -0.4 is 15.9 Å². The normalized spacial score (nSPS) is 8.43. The Labute approximate surface area is 55.4 Å². The predicted molar refractivity (Wildman–Crippen MR) is 15.8 cm³/mol. The molecule has 0 aliphatic rings. The number of hydrogen-bond donors (Lipinski definition) is 2. The minimum atomic E-state index is -5.14. The molecule has 5 nitrogen and oxygen atoms in total. The minimum absolute atomic E-state index is 0. The molecule has 0 saturated heterocycles. The molecule has 7 heavy (non-hydrogen) atoms. The monoisotopic (exact) mass is 162 g/mol. The minimum Gasteiger partial charge on any atom is -0.790 e. The second-order valence-corrected chi connectivity index (χ2v) is 1.41. The average Bonchev–Trinajstić information content (AvgIpc) is 0.722. The predicted octanol–water partition coefficient (Wildman–Crippen LogP) is -1.82. The molecule has 0 aromatic heterocycles. The molecular weight excluding hydrogens is 157 g/mol. The summed E-state index contributed by atoms with van der Waals surface area (Å²) in [6.45, 7) is 0. The van der Waals surface area contributed by atoms with E-state index in [9.17, 15) is 0 Å². The molecule has 43 valence electrons. The van der Waals surface area contributed by atoms with Gasteiger partial charge in [0.25, 0.3) is 0 Å². The molecule has 0 unspecified atom stereocenters. The second-order valence-electron chi connectivity index (χ2n) is 0.469. The summed E-state index contributed by atoms with van der Waals surface area (Å²) in [6.07, 6.45) is 0. The summed E-state index contributed by atoms with van der Waals surface area (Å²) < 4.78 is 8.66. The van der Waals surface area contributed by atoms with Gasteiger partial charge < -0.3 is 25.4 Å². The zero-order valence-electron chi connectivity index (χ0n) is 3.62. The Bertz CT molecular complexity index is 57.8. The van der Waals surface area contributed by atoms with E-state index in [1.54, 1.807) is 0 Å². The zero-order chi connectivity index (χ0) is 4.50. The summed E-state index contributed by atoms with van der Waals surface area (Å²) in [5.74, 6) is 0. The van der Waals surface area contributed by atoms with E-state index in [0.29, 0.717) is 0 Å². The summed E-state index contributed by atoms with van der Waals surface area (Å²) in [4.78, 5) is 24.3. The fraction of sp³-hybridized carbons (Fsp3) is 0. The topological polar surface area (TPSA) is 120 Å². The molecule has 0 spiro atoms. The van der Waals surface area contributed by atoms with Crippen LogP contribution >= 0.6 is 7.82 Å². The van der Waals surface area contributed by atoms with Crippen molar-refractivity contribution >= 4 is 7.82 Å². The van der Waals surface area contributed by atoms with Crippen LogP contribution in [-0.4, -0.2) is 4.89 Å². The third-order valence-corrected chi connectivity index (χ3v) is 0. The van der Waals surface area contributed by atoms with Crippen molar-refractivity contribution in [2.24, 2.45) is 0 Å². The first kappa shape index (κ1) is 15.7. The van der Waals surface area contributed by atoms with E-state index >= 15 is 0 Å².